The van der Waals surface area contributed by atoms with Gasteiger partial charge in [-0.2, -0.15) is 0 Å². The predicted octanol–water partition coefficient (Wildman–Crippen LogP) is 1.13. The topological polar surface area (TPSA) is 64.6 Å². The fourth-order valence-corrected chi connectivity index (χ4v) is 3.22. The molecule has 120 valence electrons. The SMILES string of the molecule is O=C(N[C@H]1CNCC[C@H]1O)c1ccc(N2CCCCC2)cc1. The van der Waals surface area contributed by atoms with Crippen LogP contribution in [0.1, 0.15) is 36.0 Å². The zero-order chi connectivity index (χ0) is 15.4. The van der Waals surface area contributed by atoms with Crippen molar-refractivity contribution in [2.45, 2.75) is 37.8 Å². The van der Waals surface area contributed by atoms with E-state index in [0.717, 1.165) is 19.6 Å². The maximum atomic E-state index is 12.3. The normalized spacial score (nSPS) is 25.8. The molecule has 2 atom stereocenters. The lowest BCUT2D eigenvalue weighted by Crippen LogP contribution is -2.53. The van der Waals surface area contributed by atoms with Crippen molar-refractivity contribution in [3.05, 3.63) is 29.8 Å². The van der Waals surface area contributed by atoms with Crippen molar-refractivity contribution in [3.8, 4) is 0 Å². The third-order valence-electron chi connectivity index (χ3n) is 4.61. The highest BCUT2D eigenvalue weighted by molar-refractivity contribution is 5.94. The minimum absolute atomic E-state index is 0.113. The summed E-state index contributed by atoms with van der Waals surface area (Å²) in [4.78, 5) is 14.7. The molecule has 22 heavy (non-hydrogen) atoms. The minimum atomic E-state index is -0.460. The van der Waals surface area contributed by atoms with E-state index in [1.165, 1.54) is 24.9 Å². The summed E-state index contributed by atoms with van der Waals surface area (Å²) in [5.41, 5.74) is 1.84. The summed E-state index contributed by atoms with van der Waals surface area (Å²) < 4.78 is 0. The Hall–Kier alpha value is -1.59. The van der Waals surface area contributed by atoms with Gasteiger partial charge in [-0.25, -0.2) is 0 Å². The molecule has 5 nitrogen and oxygen atoms in total. The van der Waals surface area contributed by atoms with E-state index in [1.54, 1.807) is 0 Å². The highest BCUT2D eigenvalue weighted by atomic mass is 16.3. The fraction of sp³-hybridized carbons (Fsp3) is 0.588. The second-order valence-corrected chi connectivity index (χ2v) is 6.23. The quantitative estimate of drug-likeness (QED) is 0.783. The van der Waals surface area contributed by atoms with Gasteiger partial charge in [-0.3, -0.25) is 4.79 Å². The Morgan fingerprint density at radius 1 is 1.18 bits per heavy atom. The number of aliphatic hydroxyl groups is 1. The molecule has 0 unspecified atom stereocenters. The number of hydrogen-bond acceptors (Lipinski definition) is 4. The van der Waals surface area contributed by atoms with Gasteiger partial charge in [0.1, 0.15) is 0 Å². The molecule has 1 amide bonds. The van der Waals surface area contributed by atoms with E-state index in [2.05, 4.69) is 15.5 Å². The van der Waals surface area contributed by atoms with Gasteiger partial charge in [-0.05, 0) is 56.5 Å². The van der Waals surface area contributed by atoms with Gasteiger partial charge < -0.3 is 20.6 Å². The second-order valence-electron chi connectivity index (χ2n) is 6.23. The van der Waals surface area contributed by atoms with Gasteiger partial charge in [-0.15, -0.1) is 0 Å². The maximum Gasteiger partial charge on any atom is 0.251 e. The van der Waals surface area contributed by atoms with Crippen LogP contribution >= 0.6 is 0 Å². The summed E-state index contributed by atoms with van der Waals surface area (Å²) in [5, 5.41) is 16.0. The van der Waals surface area contributed by atoms with Crippen LogP contribution in [0, 0.1) is 0 Å². The van der Waals surface area contributed by atoms with Gasteiger partial charge in [-0.1, -0.05) is 0 Å². The highest BCUT2D eigenvalue weighted by Crippen LogP contribution is 2.20. The van der Waals surface area contributed by atoms with Crippen LogP contribution in [0.4, 0.5) is 5.69 Å². The largest absolute Gasteiger partial charge is 0.391 e. The molecule has 0 radical (unpaired) electrons. The molecule has 2 heterocycles. The van der Waals surface area contributed by atoms with Crippen LogP contribution in [0.25, 0.3) is 0 Å². The Bertz CT molecular complexity index is 497. The van der Waals surface area contributed by atoms with Crippen LogP contribution in [0.15, 0.2) is 24.3 Å². The molecule has 2 saturated heterocycles. The minimum Gasteiger partial charge on any atom is -0.391 e. The molecule has 0 bridgehead atoms. The van der Waals surface area contributed by atoms with E-state index in [-0.39, 0.29) is 11.9 Å². The average molecular weight is 303 g/mol. The van der Waals surface area contributed by atoms with Crippen LogP contribution < -0.4 is 15.5 Å². The molecule has 2 aliphatic rings. The summed E-state index contributed by atoms with van der Waals surface area (Å²) in [6, 6.07) is 7.60. The highest BCUT2D eigenvalue weighted by Gasteiger charge is 2.24. The Balaban J connectivity index is 1.60. The van der Waals surface area contributed by atoms with E-state index in [0.29, 0.717) is 18.5 Å². The van der Waals surface area contributed by atoms with Crippen molar-refractivity contribution in [1.29, 1.82) is 0 Å². The number of rotatable bonds is 3. The smallest absolute Gasteiger partial charge is 0.251 e. The van der Waals surface area contributed by atoms with Crippen LogP contribution in [0.5, 0.6) is 0 Å². The molecule has 0 aromatic heterocycles. The van der Waals surface area contributed by atoms with E-state index in [4.69, 9.17) is 0 Å². The van der Waals surface area contributed by atoms with Gasteiger partial charge in [0.2, 0.25) is 0 Å². The number of carbonyl (C=O) groups is 1. The van der Waals surface area contributed by atoms with Crippen LogP contribution in [-0.2, 0) is 0 Å². The molecule has 1 aromatic carbocycles. The molecule has 2 aliphatic heterocycles. The number of anilines is 1. The Labute approximate surface area is 131 Å². The van der Waals surface area contributed by atoms with Gasteiger partial charge >= 0.3 is 0 Å². The average Bonchev–Trinajstić information content (AvgIpc) is 2.58. The fourth-order valence-electron chi connectivity index (χ4n) is 3.22. The Kier molecular flexibility index (Phi) is 4.95. The zero-order valence-electron chi connectivity index (χ0n) is 12.9. The second kappa shape index (κ2) is 7.11. The molecule has 3 N–H and O–H groups in total. The monoisotopic (exact) mass is 303 g/mol. The summed E-state index contributed by atoms with van der Waals surface area (Å²) in [5.74, 6) is -0.113. The van der Waals surface area contributed by atoms with Crippen molar-refractivity contribution in [1.82, 2.24) is 10.6 Å². The first kappa shape index (κ1) is 15.3. The third kappa shape index (κ3) is 3.59. The van der Waals surface area contributed by atoms with Crippen LogP contribution in [0.3, 0.4) is 0 Å². The number of hydrogen-bond donors (Lipinski definition) is 3. The number of amides is 1. The first-order valence-corrected chi connectivity index (χ1v) is 8.29. The number of aliphatic hydroxyl groups excluding tert-OH is 1. The lowest BCUT2D eigenvalue weighted by Gasteiger charge is -2.30. The lowest BCUT2D eigenvalue weighted by atomic mass is 10.0. The lowest BCUT2D eigenvalue weighted by molar-refractivity contribution is 0.0755. The van der Waals surface area contributed by atoms with E-state index in [9.17, 15) is 9.90 Å². The molecule has 0 spiro atoms. The molecule has 0 saturated carbocycles. The van der Waals surface area contributed by atoms with Crippen molar-refractivity contribution < 1.29 is 9.90 Å². The Morgan fingerprint density at radius 3 is 2.59 bits per heavy atom. The molecule has 0 aliphatic carbocycles. The maximum absolute atomic E-state index is 12.3. The summed E-state index contributed by atoms with van der Waals surface area (Å²) in [7, 11) is 0. The van der Waals surface area contributed by atoms with E-state index >= 15 is 0 Å². The molecule has 5 heteroatoms. The molecule has 1 aromatic rings. The van der Waals surface area contributed by atoms with Crippen LogP contribution in [0.2, 0.25) is 0 Å². The van der Waals surface area contributed by atoms with E-state index in [1.807, 2.05) is 24.3 Å². The van der Waals surface area contributed by atoms with Crippen molar-refractivity contribution >= 4 is 11.6 Å². The van der Waals surface area contributed by atoms with Gasteiger partial charge in [0.15, 0.2) is 0 Å². The van der Waals surface area contributed by atoms with Crippen molar-refractivity contribution in [2.24, 2.45) is 0 Å². The molecular weight excluding hydrogens is 278 g/mol. The van der Waals surface area contributed by atoms with Crippen molar-refractivity contribution in [2.75, 3.05) is 31.1 Å². The zero-order valence-corrected chi connectivity index (χ0v) is 12.9. The Morgan fingerprint density at radius 2 is 1.91 bits per heavy atom. The first-order valence-electron chi connectivity index (χ1n) is 8.29. The summed E-state index contributed by atoms with van der Waals surface area (Å²) >= 11 is 0. The molecule has 3 rings (SSSR count). The molecular formula is C17H25N3O2. The standard InChI is InChI=1S/C17H25N3O2/c21-16-8-9-18-12-15(16)19-17(22)13-4-6-14(7-5-13)20-10-2-1-3-11-20/h4-7,15-16,18,21H,1-3,8-12H2,(H,19,22)/t15-,16+/m0/s1. The summed E-state index contributed by atoms with van der Waals surface area (Å²) in [6.07, 6.45) is 4.02. The summed E-state index contributed by atoms with van der Waals surface area (Å²) in [6.45, 7) is 3.63. The number of piperidine rings is 2. The number of nitrogens with zero attached hydrogens (tertiary/aromatic N) is 1. The van der Waals surface area contributed by atoms with Gasteiger partial charge in [0, 0.05) is 30.9 Å². The number of benzene rings is 1. The number of carbonyl (C=O) groups excluding carboxylic acids is 1. The van der Waals surface area contributed by atoms with Crippen molar-refractivity contribution in [3.63, 3.8) is 0 Å². The first-order chi connectivity index (χ1) is 10.7. The van der Waals surface area contributed by atoms with Gasteiger partial charge in [0.05, 0.1) is 12.1 Å². The van der Waals surface area contributed by atoms with Crippen LogP contribution in [-0.4, -0.2) is 49.3 Å². The van der Waals surface area contributed by atoms with E-state index < -0.39 is 6.10 Å². The molecule has 2 fully saturated rings. The predicted molar refractivity (Wildman–Crippen MR) is 87.3 cm³/mol. The van der Waals surface area contributed by atoms with Gasteiger partial charge in [0.25, 0.3) is 5.91 Å². The third-order valence-corrected chi connectivity index (χ3v) is 4.61. The number of nitrogens with one attached hydrogen (secondary N) is 2.